The van der Waals surface area contributed by atoms with Crippen LogP contribution in [-0.2, 0) is 6.54 Å². The fraction of sp³-hybridized carbons (Fsp3) is 0.412. The zero-order chi connectivity index (χ0) is 17.3. The molecule has 1 aromatic carbocycles. The van der Waals surface area contributed by atoms with E-state index in [0.29, 0.717) is 35.3 Å². The Morgan fingerprint density at radius 1 is 1.29 bits per heavy atom. The molecule has 0 fully saturated rings. The van der Waals surface area contributed by atoms with E-state index in [4.69, 9.17) is 11.6 Å². The number of aromatic nitrogens is 2. The summed E-state index contributed by atoms with van der Waals surface area (Å²) in [6, 6.07) is 5.40. The Bertz CT molecular complexity index is 872. The molecule has 0 atom stereocenters. The second-order valence-corrected chi connectivity index (χ2v) is 6.45. The summed E-state index contributed by atoms with van der Waals surface area (Å²) in [6.45, 7) is 6.04. The lowest BCUT2D eigenvalue weighted by atomic mass is 10.1. The Kier molecular flexibility index (Phi) is 4.78. The minimum absolute atomic E-state index is 0.334. The lowest BCUT2D eigenvalue weighted by molar-refractivity contribution is 0.268. The van der Waals surface area contributed by atoms with Gasteiger partial charge in [0.15, 0.2) is 0 Å². The van der Waals surface area contributed by atoms with Crippen molar-refractivity contribution in [1.29, 1.82) is 0 Å². The number of unbranched alkanes of at least 4 members (excludes halogenated alkanes) is 1. The Balaban J connectivity index is 2.12. The number of halogens is 1. The van der Waals surface area contributed by atoms with Crippen molar-refractivity contribution in [2.45, 2.75) is 33.2 Å². The first-order valence-electron chi connectivity index (χ1n) is 8.12. The molecule has 0 saturated heterocycles. The van der Waals surface area contributed by atoms with Crippen molar-refractivity contribution in [2.75, 3.05) is 18.5 Å². The summed E-state index contributed by atoms with van der Waals surface area (Å²) in [5.41, 5.74) is 1.26. The SMILES string of the molecule is CCCCN1CNc2c(c(=O)[nH]c(=O)n2-c2cccc(Cl)c2C)C1. The van der Waals surface area contributed by atoms with Crippen molar-refractivity contribution in [3.63, 3.8) is 0 Å². The van der Waals surface area contributed by atoms with Gasteiger partial charge in [-0.2, -0.15) is 0 Å². The molecule has 6 nitrogen and oxygen atoms in total. The molecule has 128 valence electrons. The van der Waals surface area contributed by atoms with E-state index >= 15 is 0 Å². The van der Waals surface area contributed by atoms with E-state index in [1.807, 2.05) is 13.0 Å². The van der Waals surface area contributed by atoms with E-state index < -0.39 is 5.69 Å². The van der Waals surface area contributed by atoms with Gasteiger partial charge in [0.1, 0.15) is 5.82 Å². The van der Waals surface area contributed by atoms with Crippen molar-refractivity contribution in [2.24, 2.45) is 0 Å². The van der Waals surface area contributed by atoms with Gasteiger partial charge in [-0.3, -0.25) is 14.7 Å². The van der Waals surface area contributed by atoms with Crippen LogP contribution in [0.3, 0.4) is 0 Å². The molecule has 1 aromatic heterocycles. The number of anilines is 1. The predicted octanol–water partition coefficient (Wildman–Crippen LogP) is 2.47. The second-order valence-electron chi connectivity index (χ2n) is 6.05. The number of benzene rings is 1. The summed E-state index contributed by atoms with van der Waals surface area (Å²) < 4.78 is 1.51. The van der Waals surface area contributed by atoms with Crippen molar-refractivity contribution in [3.8, 4) is 5.69 Å². The predicted molar refractivity (Wildman–Crippen MR) is 96.2 cm³/mol. The van der Waals surface area contributed by atoms with Gasteiger partial charge in [0.2, 0.25) is 0 Å². The maximum Gasteiger partial charge on any atom is 0.334 e. The van der Waals surface area contributed by atoms with E-state index in [1.165, 1.54) is 4.57 Å². The maximum atomic E-state index is 12.4. The fourth-order valence-electron chi connectivity index (χ4n) is 2.98. The Morgan fingerprint density at radius 2 is 2.08 bits per heavy atom. The van der Waals surface area contributed by atoms with Crippen LogP contribution in [0.2, 0.25) is 5.02 Å². The number of nitrogens with zero attached hydrogens (tertiary/aromatic N) is 2. The van der Waals surface area contributed by atoms with Gasteiger partial charge in [0, 0.05) is 18.1 Å². The molecule has 3 rings (SSSR count). The molecule has 0 bridgehead atoms. The molecule has 2 N–H and O–H groups in total. The summed E-state index contributed by atoms with van der Waals surface area (Å²) >= 11 is 6.19. The zero-order valence-electron chi connectivity index (χ0n) is 13.9. The van der Waals surface area contributed by atoms with Gasteiger partial charge in [-0.15, -0.1) is 0 Å². The van der Waals surface area contributed by atoms with Crippen molar-refractivity contribution in [1.82, 2.24) is 14.5 Å². The number of rotatable bonds is 4. The molecule has 7 heteroatoms. The molecule has 0 amide bonds. The molecular weight excluding hydrogens is 328 g/mol. The van der Waals surface area contributed by atoms with Crippen LogP contribution in [0.1, 0.15) is 30.9 Å². The zero-order valence-corrected chi connectivity index (χ0v) is 14.6. The third-order valence-electron chi connectivity index (χ3n) is 4.37. The fourth-order valence-corrected chi connectivity index (χ4v) is 3.15. The minimum Gasteiger partial charge on any atom is -0.358 e. The quantitative estimate of drug-likeness (QED) is 0.890. The first-order chi connectivity index (χ1) is 11.5. The van der Waals surface area contributed by atoms with E-state index in [9.17, 15) is 9.59 Å². The number of fused-ring (bicyclic) bond motifs is 1. The van der Waals surface area contributed by atoms with Gasteiger partial charge < -0.3 is 5.32 Å². The van der Waals surface area contributed by atoms with Crippen molar-refractivity contribution >= 4 is 17.4 Å². The molecule has 0 unspecified atom stereocenters. The highest BCUT2D eigenvalue weighted by atomic mass is 35.5. The number of H-pyrrole nitrogens is 1. The van der Waals surface area contributed by atoms with E-state index in [2.05, 4.69) is 22.1 Å². The lowest BCUT2D eigenvalue weighted by Gasteiger charge is -2.30. The van der Waals surface area contributed by atoms with Crippen LogP contribution in [0.15, 0.2) is 27.8 Å². The monoisotopic (exact) mass is 348 g/mol. The molecule has 0 radical (unpaired) electrons. The summed E-state index contributed by atoms with van der Waals surface area (Å²) in [4.78, 5) is 29.3. The first-order valence-corrected chi connectivity index (χ1v) is 8.50. The molecule has 2 heterocycles. The van der Waals surface area contributed by atoms with Crippen molar-refractivity contribution in [3.05, 3.63) is 55.2 Å². The molecular formula is C17H21ClN4O2. The summed E-state index contributed by atoms with van der Waals surface area (Å²) in [6.07, 6.45) is 2.17. The van der Waals surface area contributed by atoms with Crippen LogP contribution in [0.4, 0.5) is 5.82 Å². The highest BCUT2D eigenvalue weighted by Gasteiger charge is 2.23. The topological polar surface area (TPSA) is 70.1 Å². The van der Waals surface area contributed by atoms with Crippen LogP contribution in [0.25, 0.3) is 5.69 Å². The average molecular weight is 349 g/mol. The largest absolute Gasteiger partial charge is 0.358 e. The van der Waals surface area contributed by atoms with E-state index in [-0.39, 0.29) is 5.56 Å². The highest BCUT2D eigenvalue weighted by Crippen LogP contribution is 2.26. The Hall–Kier alpha value is -2.05. The van der Waals surface area contributed by atoms with Crippen LogP contribution < -0.4 is 16.6 Å². The summed E-state index contributed by atoms with van der Waals surface area (Å²) in [5.74, 6) is 0.557. The molecule has 24 heavy (non-hydrogen) atoms. The number of hydrogen-bond donors (Lipinski definition) is 2. The Labute approximate surface area is 145 Å². The van der Waals surface area contributed by atoms with Gasteiger partial charge in [-0.25, -0.2) is 9.36 Å². The van der Waals surface area contributed by atoms with Crippen LogP contribution in [0, 0.1) is 6.92 Å². The minimum atomic E-state index is -0.460. The summed E-state index contributed by atoms with van der Waals surface area (Å²) in [7, 11) is 0. The summed E-state index contributed by atoms with van der Waals surface area (Å²) in [5, 5.41) is 3.83. The number of nitrogens with one attached hydrogen (secondary N) is 2. The third-order valence-corrected chi connectivity index (χ3v) is 4.78. The molecule has 2 aromatic rings. The van der Waals surface area contributed by atoms with Gasteiger partial charge in [0.05, 0.1) is 17.9 Å². The maximum absolute atomic E-state index is 12.4. The first kappa shape index (κ1) is 16.8. The average Bonchev–Trinajstić information content (AvgIpc) is 2.57. The molecule has 0 spiro atoms. The smallest absolute Gasteiger partial charge is 0.334 e. The molecule has 0 aliphatic carbocycles. The Morgan fingerprint density at radius 3 is 2.83 bits per heavy atom. The van der Waals surface area contributed by atoms with Gasteiger partial charge >= 0.3 is 5.69 Å². The van der Waals surface area contributed by atoms with E-state index in [0.717, 1.165) is 24.9 Å². The van der Waals surface area contributed by atoms with Crippen molar-refractivity contribution < 1.29 is 0 Å². The number of hydrogen-bond acceptors (Lipinski definition) is 4. The normalized spacial score (nSPS) is 14.3. The third kappa shape index (κ3) is 2.99. The van der Waals surface area contributed by atoms with Crippen LogP contribution in [-0.4, -0.2) is 27.7 Å². The van der Waals surface area contributed by atoms with Gasteiger partial charge in [-0.05, 0) is 31.0 Å². The molecule has 1 aliphatic heterocycles. The molecule has 0 saturated carbocycles. The van der Waals surface area contributed by atoms with Gasteiger partial charge in [-0.1, -0.05) is 31.0 Å². The van der Waals surface area contributed by atoms with Crippen LogP contribution in [0.5, 0.6) is 0 Å². The molecule has 1 aliphatic rings. The van der Waals surface area contributed by atoms with Gasteiger partial charge in [0.25, 0.3) is 5.56 Å². The lowest BCUT2D eigenvalue weighted by Crippen LogP contribution is -2.43. The van der Waals surface area contributed by atoms with E-state index in [1.54, 1.807) is 12.1 Å². The number of aromatic amines is 1. The van der Waals surface area contributed by atoms with Crippen LogP contribution >= 0.6 is 11.6 Å². The highest BCUT2D eigenvalue weighted by molar-refractivity contribution is 6.31. The second kappa shape index (κ2) is 6.83. The standard InChI is InChI=1S/C17H21ClN4O2/c1-3-4-8-21-9-12-15(19-10-21)22(17(24)20-16(12)23)14-7-5-6-13(18)11(14)2/h5-7,19H,3-4,8-10H2,1-2H3,(H,20,23,24).